The van der Waals surface area contributed by atoms with Crippen LogP contribution in [0.5, 0.6) is 0 Å². The summed E-state index contributed by atoms with van der Waals surface area (Å²) in [7, 11) is 0. The fraction of sp³-hybridized carbons (Fsp3) is 0.538. The van der Waals surface area contributed by atoms with E-state index in [1.165, 1.54) is 11.3 Å². The van der Waals surface area contributed by atoms with Gasteiger partial charge in [0, 0.05) is 19.8 Å². The summed E-state index contributed by atoms with van der Waals surface area (Å²) in [6.07, 6.45) is 3.77. The van der Waals surface area contributed by atoms with Gasteiger partial charge in [0.15, 0.2) is 0 Å². The highest BCUT2D eigenvalue weighted by atomic mass is 32.1. The first-order valence-electron chi connectivity index (χ1n) is 6.26. The van der Waals surface area contributed by atoms with Gasteiger partial charge in [-0.2, -0.15) is 0 Å². The molecule has 0 aliphatic carbocycles. The molecule has 0 unspecified atom stereocenters. The maximum atomic E-state index is 12.3. The van der Waals surface area contributed by atoms with Crippen LogP contribution in [0, 0.1) is 12.8 Å². The minimum absolute atomic E-state index is 0.101. The van der Waals surface area contributed by atoms with Crippen molar-refractivity contribution >= 4 is 21.6 Å². The zero-order chi connectivity index (χ0) is 12.5. The molecule has 18 heavy (non-hydrogen) atoms. The van der Waals surface area contributed by atoms with Gasteiger partial charge in [0.2, 0.25) is 0 Å². The fourth-order valence-corrected chi connectivity index (χ4v) is 3.35. The van der Waals surface area contributed by atoms with Gasteiger partial charge in [-0.05, 0) is 36.6 Å². The average molecular weight is 264 g/mol. The molecule has 0 radical (unpaired) electrons. The van der Waals surface area contributed by atoms with Gasteiger partial charge in [-0.3, -0.25) is 9.36 Å². The molecule has 2 aromatic rings. The molecule has 0 spiro atoms. The first-order chi connectivity index (χ1) is 8.75. The molecule has 4 nitrogen and oxygen atoms in total. The van der Waals surface area contributed by atoms with Gasteiger partial charge in [0.05, 0.1) is 11.8 Å². The summed E-state index contributed by atoms with van der Waals surface area (Å²) in [6, 6.07) is 0. The Bertz CT molecular complexity index is 611. The molecule has 1 saturated heterocycles. The molecular formula is C13H16N2O2S. The van der Waals surface area contributed by atoms with Gasteiger partial charge in [0.1, 0.15) is 4.70 Å². The van der Waals surface area contributed by atoms with Crippen molar-refractivity contribution in [3.63, 3.8) is 0 Å². The molecular weight excluding hydrogens is 248 g/mol. The molecule has 1 fully saturated rings. The van der Waals surface area contributed by atoms with Gasteiger partial charge in [-0.15, -0.1) is 11.3 Å². The predicted molar refractivity (Wildman–Crippen MR) is 72.2 cm³/mol. The van der Waals surface area contributed by atoms with E-state index >= 15 is 0 Å². The summed E-state index contributed by atoms with van der Waals surface area (Å²) in [5.41, 5.74) is 2.04. The minimum atomic E-state index is 0.101. The standard InChI is InChI=1S/C13H16N2O2S/c1-9-7-18-12-11(9)14-8-15(13(12)16)6-10-2-4-17-5-3-10/h7-8,10H,2-6H2,1H3. The number of hydrogen-bond acceptors (Lipinski definition) is 4. The molecule has 5 heteroatoms. The highest BCUT2D eigenvalue weighted by molar-refractivity contribution is 7.17. The van der Waals surface area contributed by atoms with Crippen molar-refractivity contribution in [1.82, 2.24) is 9.55 Å². The van der Waals surface area contributed by atoms with Crippen LogP contribution in [0.15, 0.2) is 16.5 Å². The fourth-order valence-electron chi connectivity index (χ4n) is 2.40. The van der Waals surface area contributed by atoms with Crippen LogP contribution >= 0.6 is 11.3 Å². The second-order valence-corrected chi connectivity index (χ2v) is 5.73. The summed E-state index contributed by atoms with van der Waals surface area (Å²) in [4.78, 5) is 16.7. The van der Waals surface area contributed by atoms with Crippen molar-refractivity contribution in [3.05, 3.63) is 27.6 Å². The van der Waals surface area contributed by atoms with Crippen molar-refractivity contribution in [2.75, 3.05) is 13.2 Å². The average Bonchev–Trinajstić information content (AvgIpc) is 2.77. The lowest BCUT2D eigenvalue weighted by molar-refractivity contribution is 0.0609. The van der Waals surface area contributed by atoms with Gasteiger partial charge < -0.3 is 4.74 Å². The van der Waals surface area contributed by atoms with Gasteiger partial charge in [-0.1, -0.05) is 0 Å². The summed E-state index contributed by atoms with van der Waals surface area (Å²) in [5, 5.41) is 2.00. The normalized spacial score (nSPS) is 17.4. The quantitative estimate of drug-likeness (QED) is 0.835. The Balaban J connectivity index is 1.92. The Morgan fingerprint density at radius 3 is 3.06 bits per heavy atom. The van der Waals surface area contributed by atoms with Crippen molar-refractivity contribution in [3.8, 4) is 0 Å². The minimum Gasteiger partial charge on any atom is -0.381 e. The van der Waals surface area contributed by atoms with Crippen molar-refractivity contribution < 1.29 is 4.74 Å². The van der Waals surface area contributed by atoms with Crippen molar-refractivity contribution in [2.24, 2.45) is 5.92 Å². The van der Waals surface area contributed by atoms with Crippen LogP contribution in [0.25, 0.3) is 10.2 Å². The molecule has 0 saturated carbocycles. The smallest absolute Gasteiger partial charge is 0.271 e. The van der Waals surface area contributed by atoms with Crippen LogP contribution < -0.4 is 5.56 Å². The van der Waals surface area contributed by atoms with Crippen LogP contribution in [0.4, 0.5) is 0 Å². The van der Waals surface area contributed by atoms with E-state index in [-0.39, 0.29) is 5.56 Å². The number of fused-ring (bicyclic) bond motifs is 1. The third-order valence-electron chi connectivity index (χ3n) is 3.52. The van der Waals surface area contributed by atoms with Crippen molar-refractivity contribution in [2.45, 2.75) is 26.3 Å². The molecule has 1 aliphatic rings. The Morgan fingerprint density at radius 1 is 1.50 bits per heavy atom. The number of aromatic nitrogens is 2. The topological polar surface area (TPSA) is 44.1 Å². The third kappa shape index (κ3) is 2.08. The Labute approximate surface area is 109 Å². The lowest BCUT2D eigenvalue weighted by atomic mass is 10.0. The summed E-state index contributed by atoms with van der Waals surface area (Å²) in [6.45, 7) is 4.39. The monoisotopic (exact) mass is 264 g/mol. The Hall–Kier alpha value is -1.20. The van der Waals surface area contributed by atoms with Crippen molar-refractivity contribution in [1.29, 1.82) is 0 Å². The van der Waals surface area contributed by atoms with E-state index < -0.39 is 0 Å². The van der Waals surface area contributed by atoms with Gasteiger partial charge >= 0.3 is 0 Å². The molecule has 0 N–H and O–H groups in total. The van der Waals surface area contributed by atoms with E-state index in [0.717, 1.165) is 48.4 Å². The molecule has 96 valence electrons. The number of ether oxygens (including phenoxy) is 1. The number of nitrogens with zero attached hydrogens (tertiary/aromatic N) is 2. The summed E-state index contributed by atoms with van der Waals surface area (Å²) < 4.78 is 7.88. The highest BCUT2D eigenvalue weighted by Crippen LogP contribution is 2.20. The molecule has 3 rings (SSSR count). The van der Waals surface area contributed by atoms with Crippen LogP contribution in [-0.4, -0.2) is 22.8 Å². The molecule has 1 aliphatic heterocycles. The van der Waals surface area contributed by atoms with E-state index in [1.54, 1.807) is 10.9 Å². The Morgan fingerprint density at radius 2 is 2.28 bits per heavy atom. The molecule has 0 atom stereocenters. The van der Waals surface area contributed by atoms with Crippen LogP contribution in [0.3, 0.4) is 0 Å². The number of rotatable bonds is 2. The maximum absolute atomic E-state index is 12.3. The van der Waals surface area contributed by atoms with Crippen LogP contribution in [-0.2, 0) is 11.3 Å². The largest absolute Gasteiger partial charge is 0.381 e. The first kappa shape index (κ1) is 11.9. The zero-order valence-corrected chi connectivity index (χ0v) is 11.2. The second kappa shape index (κ2) is 4.82. The number of aryl methyl sites for hydroxylation is 1. The third-order valence-corrected chi connectivity index (χ3v) is 4.59. The lowest BCUT2D eigenvalue weighted by Gasteiger charge is -2.22. The Kier molecular flexibility index (Phi) is 3.18. The molecule has 2 aromatic heterocycles. The molecule has 0 bridgehead atoms. The first-order valence-corrected chi connectivity index (χ1v) is 7.14. The highest BCUT2D eigenvalue weighted by Gasteiger charge is 2.16. The van der Waals surface area contributed by atoms with Gasteiger partial charge in [0.25, 0.3) is 5.56 Å². The molecule has 0 aromatic carbocycles. The predicted octanol–water partition coefficient (Wildman–Crippen LogP) is 2.19. The van der Waals surface area contributed by atoms with Crippen LogP contribution in [0.2, 0.25) is 0 Å². The summed E-state index contributed by atoms with van der Waals surface area (Å²) >= 11 is 1.50. The molecule has 3 heterocycles. The second-order valence-electron chi connectivity index (χ2n) is 4.85. The molecule has 0 amide bonds. The van der Waals surface area contributed by atoms with Crippen LogP contribution in [0.1, 0.15) is 18.4 Å². The van der Waals surface area contributed by atoms with E-state index in [1.807, 2.05) is 12.3 Å². The summed E-state index contributed by atoms with van der Waals surface area (Å²) in [5.74, 6) is 0.539. The SMILES string of the molecule is Cc1csc2c(=O)n(CC3CCOCC3)cnc12. The van der Waals surface area contributed by atoms with E-state index in [0.29, 0.717) is 5.92 Å². The lowest BCUT2D eigenvalue weighted by Crippen LogP contribution is -2.27. The number of hydrogen-bond donors (Lipinski definition) is 0. The maximum Gasteiger partial charge on any atom is 0.271 e. The van der Waals surface area contributed by atoms with Gasteiger partial charge in [-0.25, -0.2) is 4.98 Å². The van der Waals surface area contributed by atoms with E-state index in [9.17, 15) is 4.79 Å². The van der Waals surface area contributed by atoms with E-state index in [2.05, 4.69) is 4.98 Å². The van der Waals surface area contributed by atoms with E-state index in [4.69, 9.17) is 4.74 Å². The zero-order valence-electron chi connectivity index (χ0n) is 10.4. The number of thiophene rings is 1.